The quantitative estimate of drug-likeness (QED) is 0.787. The van der Waals surface area contributed by atoms with Gasteiger partial charge in [0.1, 0.15) is 6.29 Å². The van der Waals surface area contributed by atoms with E-state index in [0.717, 1.165) is 42.3 Å². The topological polar surface area (TPSA) is 33.2 Å². The zero-order valence-electron chi connectivity index (χ0n) is 8.40. The Labute approximate surface area is 97.6 Å². The van der Waals surface area contributed by atoms with E-state index in [1.807, 2.05) is 12.3 Å². The molecule has 2 rings (SSSR count). The van der Waals surface area contributed by atoms with Crippen LogP contribution in [0.5, 0.6) is 0 Å². The molecule has 1 aromatic rings. The Morgan fingerprint density at radius 2 is 2.47 bits per heavy atom. The van der Waals surface area contributed by atoms with Crippen LogP contribution in [0.1, 0.15) is 18.4 Å². The summed E-state index contributed by atoms with van der Waals surface area (Å²) < 4.78 is 0.988. The van der Waals surface area contributed by atoms with Crippen molar-refractivity contribution in [3.63, 3.8) is 0 Å². The van der Waals surface area contributed by atoms with Crippen LogP contribution in [0.15, 0.2) is 22.9 Å². The van der Waals surface area contributed by atoms with Crippen molar-refractivity contribution in [2.24, 2.45) is 0 Å². The van der Waals surface area contributed by atoms with E-state index in [9.17, 15) is 4.79 Å². The van der Waals surface area contributed by atoms with Gasteiger partial charge in [-0.2, -0.15) is 0 Å². The standard InChI is InChI=1S/C11H13BrN2O/c12-10-4-9(5-13-6-10)7-14-3-1-2-11(14)8-15/h4-6,8,11H,1-3,7H2. The molecule has 0 N–H and O–H groups in total. The Bertz CT molecular complexity index is 356. The third-order valence-corrected chi connectivity index (χ3v) is 3.15. The van der Waals surface area contributed by atoms with Gasteiger partial charge in [-0.05, 0) is 46.9 Å². The number of rotatable bonds is 3. The van der Waals surface area contributed by atoms with Crippen LogP contribution in [-0.2, 0) is 11.3 Å². The minimum absolute atomic E-state index is 0.101. The highest BCUT2D eigenvalue weighted by molar-refractivity contribution is 9.10. The van der Waals surface area contributed by atoms with Crippen molar-refractivity contribution >= 4 is 22.2 Å². The SMILES string of the molecule is O=CC1CCCN1Cc1cncc(Br)c1. The van der Waals surface area contributed by atoms with Gasteiger partial charge >= 0.3 is 0 Å². The molecule has 0 saturated carbocycles. The maximum atomic E-state index is 10.8. The van der Waals surface area contributed by atoms with Crippen molar-refractivity contribution in [1.29, 1.82) is 0 Å². The maximum absolute atomic E-state index is 10.8. The highest BCUT2D eigenvalue weighted by Gasteiger charge is 2.23. The molecule has 80 valence electrons. The van der Waals surface area contributed by atoms with Crippen molar-refractivity contribution in [3.05, 3.63) is 28.5 Å². The number of hydrogen-bond acceptors (Lipinski definition) is 3. The van der Waals surface area contributed by atoms with Crippen LogP contribution in [0.4, 0.5) is 0 Å². The predicted molar refractivity (Wildman–Crippen MR) is 61.4 cm³/mol. The molecule has 1 unspecified atom stereocenters. The largest absolute Gasteiger partial charge is 0.302 e. The molecule has 1 fully saturated rings. The fourth-order valence-corrected chi connectivity index (χ4v) is 2.39. The van der Waals surface area contributed by atoms with Gasteiger partial charge in [0.2, 0.25) is 0 Å². The first-order valence-corrected chi connectivity index (χ1v) is 5.87. The number of likely N-dealkylation sites (tertiary alicyclic amines) is 1. The normalized spacial score (nSPS) is 21.8. The van der Waals surface area contributed by atoms with Crippen molar-refractivity contribution in [2.75, 3.05) is 6.54 Å². The monoisotopic (exact) mass is 268 g/mol. The van der Waals surface area contributed by atoms with Crippen LogP contribution < -0.4 is 0 Å². The van der Waals surface area contributed by atoms with E-state index in [1.165, 1.54) is 0 Å². The van der Waals surface area contributed by atoms with Gasteiger partial charge in [-0.15, -0.1) is 0 Å². The third-order valence-electron chi connectivity index (χ3n) is 2.72. The zero-order valence-corrected chi connectivity index (χ0v) is 9.98. The molecule has 15 heavy (non-hydrogen) atoms. The molecule has 4 heteroatoms. The van der Waals surface area contributed by atoms with Crippen molar-refractivity contribution < 1.29 is 4.79 Å². The number of aldehydes is 1. The van der Waals surface area contributed by atoms with Gasteiger partial charge in [0.15, 0.2) is 0 Å². The van der Waals surface area contributed by atoms with Gasteiger partial charge < -0.3 is 4.79 Å². The number of halogens is 1. The first-order valence-electron chi connectivity index (χ1n) is 5.08. The summed E-state index contributed by atoms with van der Waals surface area (Å²) in [4.78, 5) is 17.1. The minimum Gasteiger partial charge on any atom is -0.302 e. The molecule has 0 aliphatic carbocycles. The Morgan fingerprint density at radius 1 is 1.60 bits per heavy atom. The molecule has 1 aromatic heterocycles. The van der Waals surface area contributed by atoms with E-state index in [-0.39, 0.29) is 6.04 Å². The molecule has 0 bridgehead atoms. The Kier molecular flexibility index (Phi) is 3.49. The first-order chi connectivity index (χ1) is 7.29. The molecular formula is C11H13BrN2O. The highest BCUT2D eigenvalue weighted by Crippen LogP contribution is 2.19. The molecule has 1 atom stereocenters. The summed E-state index contributed by atoms with van der Waals surface area (Å²) >= 11 is 3.39. The van der Waals surface area contributed by atoms with E-state index in [1.54, 1.807) is 6.20 Å². The molecule has 1 saturated heterocycles. The molecule has 0 amide bonds. The van der Waals surface area contributed by atoms with Gasteiger partial charge in [-0.3, -0.25) is 9.88 Å². The second-order valence-electron chi connectivity index (χ2n) is 3.83. The average Bonchev–Trinajstić information content (AvgIpc) is 2.65. The molecule has 1 aliphatic rings. The van der Waals surface area contributed by atoms with E-state index >= 15 is 0 Å². The summed E-state index contributed by atoms with van der Waals surface area (Å²) in [5.74, 6) is 0. The number of aromatic nitrogens is 1. The van der Waals surface area contributed by atoms with Crippen molar-refractivity contribution in [3.8, 4) is 0 Å². The van der Waals surface area contributed by atoms with Crippen LogP contribution in [0.2, 0.25) is 0 Å². The molecule has 1 aliphatic heterocycles. The zero-order chi connectivity index (χ0) is 10.7. The van der Waals surface area contributed by atoms with E-state index in [0.29, 0.717) is 0 Å². The van der Waals surface area contributed by atoms with Crippen LogP contribution in [0, 0.1) is 0 Å². The fourth-order valence-electron chi connectivity index (χ4n) is 1.98. The predicted octanol–water partition coefficient (Wildman–Crippen LogP) is 2.01. The van der Waals surface area contributed by atoms with Gasteiger partial charge in [0.05, 0.1) is 6.04 Å². The lowest BCUT2D eigenvalue weighted by Crippen LogP contribution is -2.29. The van der Waals surface area contributed by atoms with Gasteiger partial charge in [0.25, 0.3) is 0 Å². The number of nitrogens with zero attached hydrogens (tertiary/aromatic N) is 2. The Hall–Kier alpha value is -0.740. The summed E-state index contributed by atoms with van der Waals surface area (Å²) in [5, 5.41) is 0. The van der Waals surface area contributed by atoms with Crippen molar-refractivity contribution in [2.45, 2.75) is 25.4 Å². The maximum Gasteiger partial charge on any atom is 0.137 e. The fraction of sp³-hybridized carbons (Fsp3) is 0.455. The van der Waals surface area contributed by atoms with Crippen LogP contribution in [0.3, 0.4) is 0 Å². The van der Waals surface area contributed by atoms with E-state index in [2.05, 4.69) is 25.8 Å². The molecule has 0 radical (unpaired) electrons. The molecule has 2 heterocycles. The van der Waals surface area contributed by atoms with Crippen LogP contribution in [-0.4, -0.2) is 28.8 Å². The summed E-state index contributed by atoms with van der Waals surface area (Å²) in [6.45, 7) is 1.83. The molecule has 3 nitrogen and oxygen atoms in total. The summed E-state index contributed by atoms with van der Waals surface area (Å²) in [5.41, 5.74) is 1.15. The Balaban J connectivity index is 2.05. The summed E-state index contributed by atoms with van der Waals surface area (Å²) in [6.07, 6.45) is 6.78. The second kappa shape index (κ2) is 4.86. The van der Waals surface area contributed by atoms with Crippen molar-refractivity contribution in [1.82, 2.24) is 9.88 Å². The van der Waals surface area contributed by atoms with Gasteiger partial charge in [-0.25, -0.2) is 0 Å². The van der Waals surface area contributed by atoms with Crippen LogP contribution in [0.25, 0.3) is 0 Å². The summed E-state index contributed by atoms with van der Waals surface area (Å²) in [7, 11) is 0. The number of pyridine rings is 1. The summed E-state index contributed by atoms with van der Waals surface area (Å²) in [6, 6.07) is 2.15. The van der Waals surface area contributed by atoms with Gasteiger partial charge in [-0.1, -0.05) is 0 Å². The Morgan fingerprint density at radius 3 is 3.20 bits per heavy atom. The lowest BCUT2D eigenvalue weighted by molar-refractivity contribution is -0.111. The molecule has 0 aromatic carbocycles. The smallest absolute Gasteiger partial charge is 0.137 e. The lowest BCUT2D eigenvalue weighted by atomic mass is 10.2. The molecule has 0 spiro atoms. The highest BCUT2D eigenvalue weighted by atomic mass is 79.9. The first kappa shape index (κ1) is 10.8. The lowest BCUT2D eigenvalue weighted by Gasteiger charge is -2.19. The van der Waals surface area contributed by atoms with Crippen LogP contribution >= 0.6 is 15.9 Å². The van der Waals surface area contributed by atoms with Gasteiger partial charge in [0, 0.05) is 23.4 Å². The minimum atomic E-state index is 0.101. The average molecular weight is 269 g/mol. The second-order valence-corrected chi connectivity index (χ2v) is 4.74. The number of hydrogen-bond donors (Lipinski definition) is 0. The number of carbonyl (C=O) groups is 1. The van der Waals surface area contributed by atoms with E-state index in [4.69, 9.17) is 0 Å². The number of carbonyl (C=O) groups excluding carboxylic acids is 1. The van der Waals surface area contributed by atoms with E-state index < -0.39 is 0 Å². The third kappa shape index (κ3) is 2.63. The molecular weight excluding hydrogens is 256 g/mol.